The number of H-pyrrole nitrogens is 2. The number of hydrogen-bond donors (Lipinski definition) is 2. The van der Waals surface area contributed by atoms with Gasteiger partial charge in [-0.25, -0.2) is 9.97 Å². The minimum Gasteiger partial charge on any atom is -0.359 e. The van der Waals surface area contributed by atoms with Gasteiger partial charge in [0.05, 0.1) is 34.0 Å². The molecule has 0 aliphatic heterocycles. The first-order valence-electron chi connectivity index (χ1n) is 5.64. The molecular formula is C13H9N5. The second kappa shape index (κ2) is 3.40. The van der Waals surface area contributed by atoms with Crippen molar-refractivity contribution in [2.45, 2.75) is 0 Å². The number of aromatic nitrogens is 5. The van der Waals surface area contributed by atoms with E-state index in [4.69, 9.17) is 0 Å². The SMILES string of the molecule is c1cnc2cc(-c3ncc4[nH]ccc4n3)[nH]c2c1. The highest BCUT2D eigenvalue weighted by Crippen LogP contribution is 2.20. The van der Waals surface area contributed by atoms with E-state index in [-0.39, 0.29) is 0 Å². The first kappa shape index (κ1) is 9.35. The summed E-state index contributed by atoms with van der Waals surface area (Å²) in [5, 5.41) is 0. The molecule has 0 saturated heterocycles. The van der Waals surface area contributed by atoms with Gasteiger partial charge in [-0.3, -0.25) is 4.98 Å². The van der Waals surface area contributed by atoms with Crippen molar-refractivity contribution < 1.29 is 0 Å². The largest absolute Gasteiger partial charge is 0.359 e. The van der Waals surface area contributed by atoms with Crippen molar-refractivity contribution in [3.63, 3.8) is 0 Å². The maximum Gasteiger partial charge on any atom is 0.176 e. The fourth-order valence-corrected chi connectivity index (χ4v) is 2.05. The summed E-state index contributed by atoms with van der Waals surface area (Å²) in [6, 6.07) is 7.78. The van der Waals surface area contributed by atoms with Gasteiger partial charge in [-0.1, -0.05) is 0 Å². The highest BCUT2D eigenvalue weighted by Gasteiger charge is 2.07. The predicted molar refractivity (Wildman–Crippen MR) is 69.0 cm³/mol. The van der Waals surface area contributed by atoms with Gasteiger partial charge in [0.15, 0.2) is 5.82 Å². The second-order valence-electron chi connectivity index (χ2n) is 4.09. The quantitative estimate of drug-likeness (QED) is 0.532. The van der Waals surface area contributed by atoms with Gasteiger partial charge in [0.25, 0.3) is 0 Å². The van der Waals surface area contributed by atoms with E-state index >= 15 is 0 Å². The minimum absolute atomic E-state index is 0.681. The Labute approximate surface area is 102 Å². The summed E-state index contributed by atoms with van der Waals surface area (Å²) in [6.45, 7) is 0. The van der Waals surface area contributed by atoms with Crippen LogP contribution in [0.1, 0.15) is 0 Å². The van der Waals surface area contributed by atoms with Crippen LogP contribution in [-0.2, 0) is 0 Å². The molecule has 0 aromatic carbocycles. The van der Waals surface area contributed by atoms with Gasteiger partial charge in [-0.15, -0.1) is 0 Å². The van der Waals surface area contributed by atoms with Crippen molar-refractivity contribution in [2.24, 2.45) is 0 Å². The van der Waals surface area contributed by atoms with Crippen molar-refractivity contribution in [3.8, 4) is 11.5 Å². The third-order valence-corrected chi connectivity index (χ3v) is 2.93. The Morgan fingerprint density at radius 3 is 2.94 bits per heavy atom. The zero-order valence-corrected chi connectivity index (χ0v) is 9.38. The molecule has 0 unspecified atom stereocenters. The molecule has 0 aliphatic rings. The number of fused-ring (bicyclic) bond motifs is 2. The lowest BCUT2D eigenvalue weighted by atomic mass is 10.3. The van der Waals surface area contributed by atoms with Crippen LogP contribution in [0.15, 0.2) is 42.9 Å². The Bertz CT molecular complexity index is 809. The van der Waals surface area contributed by atoms with Gasteiger partial charge in [0.2, 0.25) is 0 Å². The normalized spacial score (nSPS) is 11.3. The van der Waals surface area contributed by atoms with Crippen molar-refractivity contribution in [3.05, 3.63) is 42.9 Å². The fraction of sp³-hybridized carbons (Fsp3) is 0. The summed E-state index contributed by atoms with van der Waals surface area (Å²) in [6.07, 6.45) is 5.42. The minimum atomic E-state index is 0.681. The van der Waals surface area contributed by atoms with E-state index in [1.165, 1.54) is 0 Å². The molecule has 0 radical (unpaired) electrons. The van der Waals surface area contributed by atoms with E-state index in [9.17, 15) is 0 Å². The van der Waals surface area contributed by atoms with Crippen molar-refractivity contribution in [2.75, 3.05) is 0 Å². The number of aromatic amines is 2. The first-order chi connectivity index (χ1) is 8.90. The molecule has 0 aliphatic carbocycles. The Morgan fingerprint density at radius 2 is 2.00 bits per heavy atom. The zero-order chi connectivity index (χ0) is 11.9. The lowest BCUT2D eigenvalue weighted by molar-refractivity contribution is 1.20. The van der Waals surface area contributed by atoms with Gasteiger partial charge >= 0.3 is 0 Å². The lowest BCUT2D eigenvalue weighted by Gasteiger charge is -1.95. The molecule has 5 nitrogen and oxygen atoms in total. The molecule has 0 spiro atoms. The predicted octanol–water partition coefficient (Wildman–Crippen LogP) is 2.50. The number of pyridine rings is 1. The molecule has 4 aromatic rings. The average molecular weight is 235 g/mol. The van der Waals surface area contributed by atoms with Crippen LogP contribution in [0.2, 0.25) is 0 Å². The van der Waals surface area contributed by atoms with Crippen LogP contribution in [0.25, 0.3) is 33.6 Å². The molecule has 0 bridgehead atoms. The highest BCUT2D eigenvalue weighted by molar-refractivity contribution is 5.82. The maximum atomic E-state index is 4.50. The van der Waals surface area contributed by atoms with Crippen LogP contribution in [0.5, 0.6) is 0 Å². The fourth-order valence-electron chi connectivity index (χ4n) is 2.05. The molecule has 0 fully saturated rings. The van der Waals surface area contributed by atoms with E-state index in [0.717, 1.165) is 27.8 Å². The molecule has 4 aromatic heterocycles. The molecule has 0 saturated carbocycles. The number of rotatable bonds is 1. The van der Waals surface area contributed by atoms with E-state index in [1.807, 2.05) is 30.5 Å². The summed E-state index contributed by atoms with van der Waals surface area (Å²) in [4.78, 5) is 19.5. The Hall–Kier alpha value is -2.69. The summed E-state index contributed by atoms with van der Waals surface area (Å²) < 4.78 is 0. The van der Waals surface area contributed by atoms with Gasteiger partial charge < -0.3 is 9.97 Å². The highest BCUT2D eigenvalue weighted by atomic mass is 14.9. The Kier molecular flexibility index (Phi) is 1.77. The smallest absolute Gasteiger partial charge is 0.176 e. The van der Waals surface area contributed by atoms with Gasteiger partial charge in [0.1, 0.15) is 0 Å². The van der Waals surface area contributed by atoms with Crippen LogP contribution in [0, 0.1) is 0 Å². The molecule has 2 N–H and O–H groups in total. The molecule has 0 atom stereocenters. The third-order valence-electron chi connectivity index (χ3n) is 2.93. The van der Waals surface area contributed by atoms with Crippen molar-refractivity contribution in [1.29, 1.82) is 0 Å². The Balaban J connectivity index is 1.94. The molecule has 18 heavy (non-hydrogen) atoms. The van der Waals surface area contributed by atoms with Crippen LogP contribution in [0.3, 0.4) is 0 Å². The summed E-state index contributed by atoms with van der Waals surface area (Å²) >= 11 is 0. The second-order valence-corrected chi connectivity index (χ2v) is 4.09. The molecule has 5 heteroatoms. The third kappa shape index (κ3) is 1.31. The molecule has 4 heterocycles. The molecule has 4 rings (SSSR count). The Morgan fingerprint density at radius 1 is 1.00 bits per heavy atom. The molecular weight excluding hydrogens is 226 g/mol. The summed E-state index contributed by atoms with van der Waals surface area (Å²) in [5.41, 5.74) is 4.64. The van der Waals surface area contributed by atoms with Crippen LogP contribution < -0.4 is 0 Å². The monoisotopic (exact) mass is 235 g/mol. The summed E-state index contributed by atoms with van der Waals surface area (Å²) in [5.74, 6) is 0.681. The zero-order valence-electron chi connectivity index (χ0n) is 9.38. The van der Waals surface area contributed by atoms with Crippen molar-refractivity contribution in [1.82, 2.24) is 24.9 Å². The van der Waals surface area contributed by atoms with Crippen LogP contribution in [-0.4, -0.2) is 24.9 Å². The van der Waals surface area contributed by atoms with Gasteiger partial charge in [-0.2, -0.15) is 0 Å². The topological polar surface area (TPSA) is 70.2 Å². The number of hydrogen-bond acceptors (Lipinski definition) is 3. The number of nitrogens with one attached hydrogen (secondary N) is 2. The van der Waals surface area contributed by atoms with Crippen LogP contribution >= 0.6 is 0 Å². The van der Waals surface area contributed by atoms with E-state index < -0.39 is 0 Å². The number of nitrogens with zero attached hydrogens (tertiary/aromatic N) is 3. The van der Waals surface area contributed by atoms with E-state index in [2.05, 4.69) is 24.9 Å². The standard InChI is InChI=1S/C13H9N5/c1-2-8-10(14-4-1)6-11(17-8)13-16-7-12-9(18-13)3-5-15-12/h1-7,15,17H. The van der Waals surface area contributed by atoms with Gasteiger partial charge in [0, 0.05) is 12.4 Å². The average Bonchev–Trinajstić information content (AvgIpc) is 3.04. The van der Waals surface area contributed by atoms with E-state index in [1.54, 1.807) is 12.4 Å². The first-order valence-corrected chi connectivity index (χ1v) is 5.64. The lowest BCUT2D eigenvalue weighted by Crippen LogP contribution is -1.88. The van der Waals surface area contributed by atoms with Crippen molar-refractivity contribution >= 4 is 22.1 Å². The van der Waals surface area contributed by atoms with Gasteiger partial charge in [-0.05, 0) is 24.3 Å². The molecule has 86 valence electrons. The summed E-state index contributed by atoms with van der Waals surface area (Å²) in [7, 11) is 0. The molecule has 0 amide bonds. The van der Waals surface area contributed by atoms with E-state index in [0.29, 0.717) is 5.82 Å². The van der Waals surface area contributed by atoms with Crippen LogP contribution in [0.4, 0.5) is 0 Å². The maximum absolute atomic E-state index is 4.50.